The first-order valence-electron chi connectivity index (χ1n) is 12.2. The normalized spacial score (nSPS) is 22.2. The van der Waals surface area contributed by atoms with E-state index in [4.69, 9.17) is 14.2 Å². The summed E-state index contributed by atoms with van der Waals surface area (Å²) in [5.74, 6) is 1.64. The van der Waals surface area contributed by atoms with Crippen LogP contribution in [0, 0.1) is 5.41 Å². The van der Waals surface area contributed by atoms with Gasteiger partial charge in [0.15, 0.2) is 17.3 Å². The molecule has 0 saturated carbocycles. The minimum atomic E-state index is -0.133. The summed E-state index contributed by atoms with van der Waals surface area (Å²) in [4.78, 5) is 20.2. The maximum absolute atomic E-state index is 13.8. The second-order valence-electron chi connectivity index (χ2n) is 9.58. The van der Waals surface area contributed by atoms with Crippen molar-refractivity contribution >= 4 is 16.7 Å². The van der Waals surface area contributed by atoms with Gasteiger partial charge in [-0.15, -0.1) is 0 Å². The topological polar surface area (TPSA) is 63.8 Å². The second-order valence-corrected chi connectivity index (χ2v) is 9.58. The minimum Gasteiger partial charge on any atom is -0.493 e. The van der Waals surface area contributed by atoms with Crippen molar-refractivity contribution in [2.45, 2.75) is 45.1 Å². The lowest BCUT2D eigenvalue weighted by Crippen LogP contribution is -2.50. The highest BCUT2D eigenvalue weighted by molar-refractivity contribution is 5.98. The molecule has 180 valence electrons. The Balaban J connectivity index is 1.55. The van der Waals surface area contributed by atoms with Crippen LogP contribution in [0.1, 0.15) is 60.3 Å². The number of H-pyrrole nitrogens is 1. The van der Waals surface area contributed by atoms with Crippen molar-refractivity contribution in [2.24, 2.45) is 5.41 Å². The van der Waals surface area contributed by atoms with Gasteiger partial charge in [-0.25, -0.2) is 0 Å². The molecule has 5 rings (SSSR count). The summed E-state index contributed by atoms with van der Waals surface area (Å²) < 4.78 is 16.5. The van der Waals surface area contributed by atoms with Crippen LogP contribution >= 0.6 is 0 Å². The molecule has 0 radical (unpaired) electrons. The third kappa shape index (κ3) is 3.56. The highest BCUT2D eigenvalue weighted by atomic mass is 16.5. The van der Waals surface area contributed by atoms with Crippen LogP contribution in [0.15, 0.2) is 36.4 Å². The minimum absolute atomic E-state index is 0.117. The fourth-order valence-corrected chi connectivity index (χ4v) is 6.34. The van der Waals surface area contributed by atoms with Crippen molar-refractivity contribution in [3.8, 4) is 17.2 Å². The molecule has 2 unspecified atom stereocenters. The Bertz CT molecular complexity index is 1190. The zero-order valence-corrected chi connectivity index (χ0v) is 20.6. The molecule has 1 fully saturated rings. The van der Waals surface area contributed by atoms with Crippen molar-refractivity contribution < 1.29 is 19.0 Å². The Morgan fingerprint density at radius 2 is 1.82 bits per heavy atom. The van der Waals surface area contributed by atoms with Gasteiger partial charge in [0.25, 0.3) is 0 Å². The van der Waals surface area contributed by atoms with E-state index in [1.807, 2.05) is 0 Å². The number of ether oxygens (including phenoxy) is 3. The number of aromatic amines is 1. The van der Waals surface area contributed by atoms with E-state index in [2.05, 4.69) is 41.1 Å². The Labute approximate surface area is 201 Å². The van der Waals surface area contributed by atoms with Crippen LogP contribution in [-0.2, 0) is 6.42 Å². The van der Waals surface area contributed by atoms with Crippen LogP contribution in [0.5, 0.6) is 17.2 Å². The Morgan fingerprint density at radius 3 is 2.50 bits per heavy atom. The first-order valence-corrected chi connectivity index (χ1v) is 12.2. The van der Waals surface area contributed by atoms with Gasteiger partial charge < -0.3 is 19.2 Å². The monoisotopic (exact) mass is 462 g/mol. The molecule has 2 aliphatic heterocycles. The molecule has 0 aliphatic carbocycles. The van der Waals surface area contributed by atoms with E-state index in [1.165, 1.54) is 22.2 Å². The lowest BCUT2D eigenvalue weighted by molar-refractivity contribution is -0.00420. The molecular formula is C28H34N2O4. The number of fused-ring (bicyclic) bond motifs is 5. The number of Topliss-reactive ketones (excluding diaryl/α,β-unsaturated/α-hetero) is 1. The van der Waals surface area contributed by atoms with Gasteiger partial charge in [0.2, 0.25) is 5.75 Å². The predicted molar refractivity (Wildman–Crippen MR) is 133 cm³/mol. The van der Waals surface area contributed by atoms with Gasteiger partial charge in [-0.1, -0.05) is 25.1 Å². The van der Waals surface area contributed by atoms with E-state index >= 15 is 0 Å². The van der Waals surface area contributed by atoms with Gasteiger partial charge in [-0.2, -0.15) is 0 Å². The number of carbonyl (C=O) groups excluding carboxylic acids is 1. The number of carbonyl (C=O) groups is 1. The van der Waals surface area contributed by atoms with E-state index in [0.717, 1.165) is 38.8 Å². The SMILES string of the molecule is CCC1(CC(=O)c2cc(OC)c(OC)c(OC)c2)CCCN2CCc3c([nH]c4ccccc34)C21. The molecule has 1 N–H and O–H groups in total. The summed E-state index contributed by atoms with van der Waals surface area (Å²) in [5.41, 5.74) is 4.41. The molecule has 2 atom stereocenters. The van der Waals surface area contributed by atoms with Crippen LogP contribution in [-0.4, -0.2) is 50.1 Å². The summed E-state index contributed by atoms with van der Waals surface area (Å²) in [7, 11) is 4.74. The number of benzene rings is 2. The van der Waals surface area contributed by atoms with Crippen LogP contribution in [0.2, 0.25) is 0 Å². The second kappa shape index (κ2) is 8.99. The fourth-order valence-electron chi connectivity index (χ4n) is 6.34. The molecule has 1 aromatic heterocycles. The maximum Gasteiger partial charge on any atom is 0.203 e. The molecule has 6 nitrogen and oxygen atoms in total. The van der Waals surface area contributed by atoms with Gasteiger partial charge >= 0.3 is 0 Å². The number of hydrogen-bond acceptors (Lipinski definition) is 5. The van der Waals surface area contributed by atoms with Crippen molar-refractivity contribution in [1.29, 1.82) is 0 Å². The largest absolute Gasteiger partial charge is 0.493 e. The quantitative estimate of drug-likeness (QED) is 0.466. The molecule has 3 heterocycles. The van der Waals surface area contributed by atoms with Crippen molar-refractivity contribution in [2.75, 3.05) is 34.4 Å². The van der Waals surface area contributed by atoms with Gasteiger partial charge in [-0.05, 0) is 61.4 Å². The molecule has 3 aromatic rings. The molecule has 34 heavy (non-hydrogen) atoms. The zero-order chi connectivity index (χ0) is 23.9. The number of nitrogens with zero attached hydrogens (tertiary/aromatic N) is 1. The van der Waals surface area contributed by atoms with Crippen molar-refractivity contribution in [3.05, 3.63) is 53.2 Å². The van der Waals surface area contributed by atoms with E-state index in [9.17, 15) is 4.79 Å². The van der Waals surface area contributed by atoms with Crippen LogP contribution < -0.4 is 14.2 Å². The first kappa shape index (κ1) is 22.8. The summed E-state index contributed by atoms with van der Waals surface area (Å²) in [6.45, 7) is 4.36. The molecular weight excluding hydrogens is 428 g/mol. The number of para-hydroxylation sites is 1. The zero-order valence-electron chi connectivity index (χ0n) is 20.6. The van der Waals surface area contributed by atoms with Crippen LogP contribution in [0.4, 0.5) is 0 Å². The molecule has 2 aromatic carbocycles. The molecule has 0 spiro atoms. The predicted octanol–water partition coefficient (Wildman–Crippen LogP) is 5.56. The van der Waals surface area contributed by atoms with E-state index in [1.54, 1.807) is 33.5 Å². The van der Waals surface area contributed by atoms with Gasteiger partial charge in [0.05, 0.1) is 27.4 Å². The van der Waals surface area contributed by atoms with Crippen LogP contribution in [0.3, 0.4) is 0 Å². The Morgan fingerprint density at radius 1 is 1.09 bits per heavy atom. The summed E-state index contributed by atoms with van der Waals surface area (Å²) in [5, 5.41) is 1.32. The fraction of sp³-hybridized carbons (Fsp3) is 0.464. The molecule has 1 saturated heterocycles. The summed E-state index contributed by atoms with van der Waals surface area (Å²) in [6, 6.07) is 12.4. The summed E-state index contributed by atoms with van der Waals surface area (Å²) in [6.07, 6.45) is 4.63. The van der Waals surface area contributed by atoms with Crippen LogP contribution in [0.25, 0.3) is 10.9 Å². The molecule has 6 heteroatoms. The van der Waals surface area contributed by atoms with Gasteiger partial charge in [0.1, 0.15) is 0 Å². The first-order chi connectivity index (χ1) is 16.5. The lowest BCUT2D eigenvalue weighted by Gasteiger charge is -2.52. The molecule has 0 amide bonds. The smallest absolute Gasteiger partial charge is 0.203 e. The number of nitrogens with one attached hydrogen (secondary N) is 1. The Kier molecular flexibility index (Phi) is 6.02. The highest BCUT2D eigenvalue weighted by Crippen LogP contribution is 2.54. The average Bonchev–Trinajstić information content (AvgIpc) is 3.26. The molecule has 2 aliphatic rings. The lowest BCUT2D eigenvalue weighted by atomic mass is 9.65. The van der Waals surface area contributed by atoms with E-state index < -0.39 is 0 Å². The third-order valence-corrected chi connectivity index (χ3v) is 8.04. The number of methoxy groups -OCH3 is 3. The average molecular weight is 463 g/mol. The Hall–Kier alpha value is -2.99. The number of hydrogen-bond donors (Lipinski definition) is 1. The van der Waals surface area contributed by atoms with Gasteiger partial charge in [-0.3, -0.25) is 9.69 Å². The molecule has 0 bridgehead atoms. The summed E-state index contributed by atoms with van der Waals surface area (Å²) >= 11 is 0. The number of aromatic nitrogens is 1. The number of ketones is 1. The number of rotatable bonds is 7. The van der Waals surface area contributed by atoms with E-state index in [-0.39, 0.29) is 17.2 Å². The highest BCUT2D eigenvalue weighted by Gasteiger charge is 2.48. The maximum atomic E-state index is 13.8. The number of piperidine rings is 1. The van der Waals surface area contributed by atoms with Crippen molar-refractivity contribution in [3.63, 3.8) is 0 Å². The third-order valence-electron chi connectivity index (χ3n) is 8.04. The van der Waals surface area contributed by atoms with Crippen molar-refractivity contribution in [1.82, 2.24) is 9.88 Å². The standard InChI is InChI=1S/C28H34N2O4/c1-5-28(17-22(31)18-15-23(32-2)26(34-4)24(16-18)33-3)12-8-13-30-14-11-20-19-9-6-7-10-21(19)29-25(20)27(28)30/h6-7,9-10,15-16,27,29H,5,8,11-14,17H2,1-4H3. The van der Waals surface area contributed by atoms with E-state index in [0.29, 0.717) is 29.2 Å². The van der Waals surface area contributed by atoms with Gasteiger partial charge in [0, 0.05) is 35.1 Å².